The van der Waals surface area contributed by atoms with Crippen LogP contribution < -0.4 is 11.5 Å². The molecule has 0 aliphatic carbocycles. The molecule has 0 fully saturated rings. The number of halogens is 1. The molecule has 0 saturated heterocycles. The smallest absolute Gasteiger partial charge is 0.155 e. The highest BCUT2D eigenvalue weighted by Gasteiger charge is 2.02. The second-order valence-corrected chi connectivity index (χ2v) is 1.98. The molecule has 4 N–H and O–H groups in total. The molecule has 0 bridgehead atoms. The first kappa shape index (κ1) is 9.71. The topological polar surface area (TPSA) is 81.5 Å². The lowest BCUT2D eigenvalue weighted by molar-refractivity contribution is -0.104. The number of allylic oxidation sites excluding steroid dienone is 1. The number of nitrogens with zero attached hydrogens (tertiary/aromatic N) is 1. The third-order valence-corrected chi connectivity index (χ3v) is 1.18. The molecule has 0 radical (unpaired) electrons. The molecule has 0 aromatic heterocycles. The van der Waals surface area contributed by atoms with Crippen LogP contribution in [0.15, 0.2) is 28.0 Å². The minimum absolute atomic E-state index is 0.0494. The molecule has 0 heterocycles. The minimum atomic E-state index is -0.0602. The molecule has 11 heavy (non-hydrogen) atoms. The summed E-state index contributed by atoms with van der Waals surface area (Å²) < 4.78 is 0. The van der Waals surface area contributed by atoms with Crippen molar-refractivity contribution in [3.05, 3.63) is 23.0 Å². The van der Waals surface area contributed by atoms with Crippen LogP contribution in [0.5, 0.6) is 0 Å². The summed E-state index contributed by atoms with van der Waals surface area (Å²) in [5.41, 5.74) is 10.2. The van der Waals surface area contributed by atoms with Crippen LogP contribution in [0, 0.1) is 0 Å². The summed E-state index contributed by atoms with van der Waals surface area (Å²) in [4.78, 5) is 13.7. The Balaban J connectivity index is 4.82. The van der Waals surface area contributed by atoms with Crippen molar-refractivity contribution in [1.82, 2.24) is 0 Å². The molecule has 0 saturated carbocycles. The standard InChI is InChI=1S/C6H8ClN3O/c1-4(9)5(2-11)6(7)10-3-8/h2-3H,1,9H2,(H2,8,10)/b6-5-. The van der Waals surface area contributed by atoms with E-state index in [0.29, 0.717) is 6.29 Å². The molecular weight excluding hydrogens is 166 g/mol. The minimum Gasteiger partial charge on any atom is -0.399 e. The molecule has 0 aliphatic rings. The fraction of sp³-hybridized carbons (Fsp3) is 0. The first-order valence-corrected chi connectivity index (χ1v) is 3.05. The number of hydrogen-bond acceptors (Lipinski definition) is 3. The number of carbonyl (C=O) groups excluding carboxylic acids is 1. The molecule has 0 unspecified atom stereocenters. The van der Waals surface area contributed by atoms with Crippen LogP contribution in [0.4, 0.5) is 0 Å². The van der Waals surface area contributed by atoms with Crippen molar-refractivity contribution < 1.29 is 4.79 Å². The van der Waals surface area contributed by atoms with Gasteiger partial charge in [0.25, 0.3) is 0 Å². The van der Waals surface area contributed by atoms with Gasteiger partial charge in [-0.3, -0.25) is 4.79 Å². The van der Waals surface area contributed by atoms with E-state index in [1.165, 1.54) is 0 Å². The fourth-order valence-electron chi connectivity index (χ4n) is 0.392. The number of rotatable bonds is 3. The summed E-state index contributed by atoms with van der Waals surface area (Å²) in [5, 5.41) is -0.0602. The third-order valence-electron chi connectivity index (χ3n) is 0.874. The van der Waals surface area contributed by atoms with Gasteiger partial charge in [0.2, 0.25) is 0 Å². The summed E-state index contributed by atoms with van der Waals surface area (Å²) >= 11 is 5.47. The summed E-state index contributed by atoms with van der Waals surface area (Å²) in [7, 11) is 0. The van der Waals surface area contributed by atoms with Crippen molar-refractivity contribution in [2.45, 2.75) is 0 Å². The quantitative estimate of drug-likeness (QED) is 0.159. The predicted octanol–water partition coefficient (Wildman–Crippen LogP) is 0.0951. The number of hydrogen-bond donors (Lipinski definition) is 2. The number of carbonyl (C=O) groups is 1. The largest absolute Gasteiger partial charge is 0.399 e. The van der Waals surface area contributed by atoms with Gasteiger partial charge >= 0.3 is 0 Å². The SMILES string of the molecule is C=C(N)/C(C=O)=C(/Cl)N=CN. The Morgan fingerprint density at radius 1 is 1.64 bits per heavy atom. The lowest BCUT2D eigenvalue weighted by Crippen LogP contribution is -2.02. The highest BCUT2D eigenvalue weighted by Crippen LogP contribution is 2.11. The third kappa shape index (κ3) is 2.86. The zero-order chi connectivity index (χ0) is 8.85. The van der Waals surface area contributed by atoms with Crippen molar-refractivity contribution >= 4 is 24.2 Å². The van der Waals surface area contributed by atoms with E-state index < -0.39 is 0 Å². The molecule has 0 rings (SSSR count). The van der Waals surface area contributed by atoms with E-state index in [0.717, 1.165) is 6.34 Å². The lowest BCUT2D eigenvalue weighted by Gasteiger charge is -1.96. The van der Waals surface area contributed by atoms with E-state index in [2.05, 4.69) is 11.6 Å². The van der Waals surface area contributed by atoms with E-state index in [9.17, 15) is 4.79 Å². The molecule has 60 valence electrons. The maximum Gasteiger partial charge on any atom is 0.155 e. The van der Waals surface area contributed by atoms with E-state index in [1.807, 2.05) is 0 Å². The zero-order valence-electron chi connectivity index (χ0n) is 5.75. The second-order valence-electron chi connectivity index (χ2n) is 1.63. The van der Waals surface area contributed by atoms with Gasteiger partial charge in [-0.1, -0.05) is 18.2 Å². The van der Waals surface area contributed by atoms with Gasteiger partial charge in [0, 0.05) is 5.70 Å². The van der Waals surface area contributed by atoms with Crippen LogP contribution >= 0.6 is 11.6 Å². The van der Waals surface area contributed by atoms with Crippen LogP contribution in [-0.4, -0.2) is 12.6 Å². The zero-order valence-corrected chi connectivity index (χ0v) is 6.51. The summed E-state index contributed by atoms with van der Waals surface area (Å²) in [6.45, 7) is 3.32. The molecule has 0 spiro atoms. The molecule has 0 amide bonds. The number of nitrogens with two attached hydrogens (primary N) is 2. The molecule has 0 aliphatic heterocycles. The van der Waals surface area contributed by atoms with Crippen molar-refractivity contribution in [2.75, 3.05) is 0 Å². The Labute approximate surface area is 69.2 Å². The molecular formula is C6H8ClN3O. The van der Waals surface area contributed by atoms with E-state index in [1.54, 1.807) is 0 Å². The monoisotopic (exact) mass is 173 g/mol. The molecule has 0 aromatic rings. The van der Waals surface area contributed by atoms with Crippen molar-refractivity contribution in [1.29, 1.82) is 0 Å². The van der Waals surface area contributed by atoms with Gasteiger partial charge in [-0.2, -0.15) is 0 Å². The van der Waals surface area contributed by atoms with Gasteiger partial charge in [0.05, 0.1) is 11.9 Å². The van der Waals surface area contributed by atoms with Gasteiger partial charge < -0.3 is 11.5 Å². The van der Waals surface area contributed by atoms with Gasteiger partial charge in [-0.15, -0.1) is 0 Å². The highest BCUT2D eigenvalue weighted by molar-refractivity contribution is 6.31. The lowest BCUT2D eigenvalue weighted by atomic mass is 10.2. The van der Waals surface area contributed by atoms with Crippen LogP contribution in [0.2, 0.25) is 0 Å². The number of aldehydes is 1. The summed E-state index contributed by atoms with van der Waals surface area (Å²) in [5.74, 6) is 0. The van der Waals surface area contributed by atoms with Gasteiger partial charge in [-0.25, -0.2) is 4.99 Å². The van der Waals surface area contributed by atoms with Gasteiger partial charge in [-0.05, 0) is 0 Å². The van der Waals surface area contributed by atoms with Crippen LogP contribution in [0.1, 0.15) is 0 Å². The van der Waals surface area contributed by atoms with Crippen LogP contribution in [0.25, 0.3) is 0 Å². The Morgan fingerprint density at radius 2 is 2.18 bits per heavy atom. The predicted molar refractivity (Wildman–Crippen MR) is 44.9 cm³/mol. The van der Waals surface area contributed by atoms with E-state index in [-0.39, 0.29) is 16.4 Å². The van der Waals surface area contributed by atoms with Crippen LogP contribution in [0.3, 0.4) is 0 Å². The Bertz CT molecular complexity index is 232. The van der Waals surface area contributed by atoms with Crippen LogP contribution in [-0.2, 0) is 4.79 Å². The van der Waals surface area contributed by atoms with Gasteiger partial charge in [0.1, 0.15) is 5.16 Å². The number of aliphatic imine (C=N–C) groups is 1. The molecule has 4 nitrogen and oxygen atoms in total. The van der Waals surface area contributed by atoms with Crippen molar-refractivity contribution in [3.8, 4) is 0 Å². The normalized spacial score (nSPS) is 12.8. The highest BCUT2D eigenvalue weighted by atomic mass is 35.5. The first-order valence-electron chi connectivity index (χ1n) is 2.67. The Kier molecular flexibility index (Phi) is 3.98. The van der Waals surface area contributed by atoms with E-state index in [4.69, 9.17) is 23.1 Å². The maximum absolute atomic E-state index is 10.3. The average Bonchev–Trinajstić information content (AvgIpc) is 1.88. The van der Waals surface area contributed by atoms with Gasteiger partial charge in [0.15, 0.2) is 6.29 Å². The Hall–Kier alpha value is -1.29. The average molecular weight is 174 g/mol. The first-order chi connectivity index (χ1) is 5.13. The Morgan fingerprint density at radius 3 is 2.45 bits per heavy atom. The fourth-order valence-corrected chi connectivity index (χ4v) is 0.614. The van der Waals surface area contributed by atoms with Crippen molar-refractivity contribution in [3.63, 3.8) is 0 Å². The molecule has 5 heteroatoms. The van der Waals surface area contributed by atoms with E-state index >= 15 is 0 Å². The molecule has 0 atom stereocenters. The summed E-state index contributed by atoms with van der Waals surface area (Å²) in [6.07, 6.45) is 1.44. The second kappa shape index (κ2) is 4.51. The maximum atomic E-state index is 10.3. The summed E-state index contributed by atoms with van der Waals surface area (Å²) in [6, 6.07) is 0. The van der Waals surface area contributed by atoms with Crippen molar-refractivity contribution in [2.24, 2.45) is 16.5 Å². The molecule has 0 aromatic carbocycles.